The second kappa shape index (κ2) is 7.19. The first-order valence-electron chi connectivity index (χ1n) is 6.80. The summed E-state index contributed by atoms with van der Waals surface area (Å²) in [6.45, 7) is 6.06. The molecule has 0 unspecified atom stereocenters. The quantitative estimate of drug-likeness (QED) is 0.799. The zero-order valence-corrected chi connectivity index (χ0v) is 12.0. The Balaban J connectivity index is 2.09. The van der Waals surface area contributed by atoms with Crippen LogP contribution in [0, 0.1) is 0 Å². The highest BCUT2D eigenvalue weighted by molar-refractivity contribution is 5.93. The number of aromatic nitrogens is 2. The fraction of sp³-hybridized carbons (Fsp3) is 0.188. The molecule has 108 valence electrons. The van der Waals surface area contributed by atoms with E-state index in [0.717, 1.165) is 12.1 Å². The summed E-state index contributed by atoms with van der Waals surface area (Å²) >= 11 is 0. The zero-order chi connectivity index (χ0) is 15.1. The minimum absolute atomic E-state index is 0.213. The monoisotopic (exact) mass is 282 g/mol. The molecule has 5 heteroatoms. The normalized spacial score (nSPS) is 9.95. The van der Waals surface area contributed by atoms with E-state index < -0.39 is 0 Å². The molecule has 0 aliphatic rings. The van der Waals surface area contributed by atoms with E-state index in [1.165, 1.54) is 18.0 Å². The molecule has 0 bridgehead atoms. The van der Waals surface area contributed by atoms with Crippen molar-refractivity contribution in [2.24, 2.45) is 0 Å². The van der Waals surface area contributed by atoms with Crippen molar-refractivity contribution in [2.75, 3.05) is 11.9 Å². The lowest BCUT2D eigenvalue weighted by molar-refractivity contribution is 0.0957. The first kappa shape index (κ1) is 14.7. The molecule has 1 aromatic heterocycles. The number of para-hydroxylation sites is 1. The molecule has 0 radical (unpaired) electrons. The van der Waals surface area contributed by atoms with Gasteiger partial charge in [0, 0.05) is 24.6 Å². The van der Waals surface area contributed by atoms with Gasteiger partial charge >= 0.3 is 0 Å². The highest BCUT2D eigenvalue weighted by atomic mass is 16.1. The first-order valence-corrected chi connectivity index (χ1v) is 6.80. The van der Waals surface area contributed by atoms with Gasteiger partial charge in [0.2, 0.25) is 5.95 Å². The number of amides is 1. The molecular weight excluding hydrogens is 264 g/mol. The third-order valence-corrected chi connectivity index (χ3v) is 2.97. The Hall–Kier alpha value is -2.69. The van der Waals surface area contributed by atoms with Crippen molar-refractivity contribution >= 4 is 17.5 Å². The van der Waals surface area contributed by atoms with E-state index in [1.54, 1.807) is 6.08 Å². The van der Waals surface area contributed by atoms with Crippen LogP contribution in [0.25, 0.3) is 0 Å². The maximum Gasteiger partial charge on any atom is 0.254 e. The van der Waals surface area contributed by atoms with Crippen molar-refractivity contribution in [2.45, 2.75) is 13.3 Å². The lowest BCUT2D eigenvalue weighted by atomic mass is 10.1. The molecule has 5 nitrogen and oxygen atoms in total. The van der Waals surface area contributed by atoms with Gasteiger partial charge in [-0.2, -0.15) is 0 Å². The van der Waals surface area contributed by atoms with Crippen LogP contribution in [-0.4, -0.2) is 22.4 Å². The molecule has 0 saturated heterocycles. The van der Waals surface area contributed by atoms with E-state index >= 15 is 0 Å². The molecule has 2 aromatic rings. The average molecular weight is 282 g/mol. The third-order valence-electron chi connectivity index (χ3n) is 2.97. The Morgan fingerprint density at radius 1 is 1.29 bits per heavy atom. The Bertz CT molecular complexity index is 622. The average Bonchev–Trinajstić information content (AvgIpc) is 2.54. The van der Waals surface area contributed by atoms with Crippen LogP contribution in [0.2, 0.25) is 0 Å². The van der Waals surface area contributed by atoms with E-state index in [0.29, 0.717) is 18.1 Å². The Kier molecular flexibility index (Phi) is 5.04. The molecule has 0 spiro atoms. The largest absolute Gasteiger partial charge is 0.348 e. The van der Waals surface area contributed by atoms with Crippen LogP contribution >= 0.6 is 0 Å². The van der Waals surface area contributed by atoms with E-state index in [1.807, 2.05) is 18.2 Å². The molecule has 0 aliphatic carbocycles. The van der Waals surface area contributed by atoms with Gasteiger partial charge in [-0.05, 0) is 18.1 Å². The summed E-state index contributed by atoms with van der Waals surface area (Å²) in [5.74, 6) is 0.256. The van der Waals surface area contributed by atoms with E-state index in [2.05, 4.69) is 40.2 Å². The van der Waals surface area contributed by atoms with Gasteiger partial charge in [-0.1, -0.05) is 31.2 Å². The van der Waals surface area contributed by atoms with Crippen LogP contribution in [0.3, 0.4) is 0 Å². The molecule has 2 N–H and O–H groups in total. The number of nitrogens with zero attached hydrogens (tertiary/aromatic N) is 2. The highest BCUT2D eigenvalue weighted by Crippen LogP contribution is 2.18. The number of carbonyl (C=O) groups is 1. The smallest absolute Gasteiger partial charge is 0.254 e. The maximum atomic E-state index is 11.7. The molecule has 0 atom stereocenters. The predicted molar refractivity (Wildman–Crippen MR) is 83.7 cm³/mol. The second-order valence-electron chi connectivity index (χ2n) is 4.43. The third kappa shape index (κ3) is 3.89. The van der Waals surface area contributed by atoms with Gasteiger partial charge in [-0.25, -0.2) is 9.97 Å². The van der Waals surface area contributed by atoms with Crippen molar-refractivity contribution in [1.82, 2.24) is 15.3 Å². The van der Waals surface area contributed by atoms with E-state index in [4.69, 9.17) is 0 Å². The molecule has 0 aliphatic heterocycles. The fourth-order valence-corrected chi connectivity index (χ4v) is 1.85. The number of anilines is 2. The Morgan fingerprint density at radius 3 is 2.67 bits per heavy atom. The van der Waals surface area contributed by atoms with Gasteiger partial charge in [0.05, 0.1) is 5.56 Å². The molecule has 1 heterocycles. The molecule has 1 amide bonds. The van der Waals surface area contributed by atoms with Crippen LogP contribution in [-0.2, 0) is 6.42 Å². The Labute approximate surface area is 124 Å². The van der Waals surface area contributed by atoms with Crippen molar-refractivity contribution in [3.8, 4) is 0 Å². The molecule has 2 rings (SSSR count). The van der Waals surface area contributed by atoms with E-state index in [-0.39, 0.29) is 5.91 Å². The van der Waals surface area contributed by atoms with Gasteiger partial charge in [0.15, 0.2) is 0 Å². The van der Waals surface area contributed by atoms with Crippen molar-refractivity contribution in [3.63, 3.8) is 0 Å². The number of hydrogen-bond donors (Lipinski definition) is 2. The minimum Gasteiger partial charge on any atom is -0.348 e. The van der Waals surface area contributed by atoms with Gasteiger partial charge < -0.3 is 10.6 Å². The lowest BCUT2D eigenvalue weighted by Crippen LogP contribution is -2.23. The number of benzene rings is 1. The number of rotatable bonds is 6. The van der Waals surface area contributed by atoms with Gasteiger partial charge in [-0.3, -0.25) is 4.79 Å². The van der Waals surface area contributed by atoms with Crippen LogP contribution in [0.1, 0.15) is 22.8 Å². The van der Waals surface area contributed by atoms with Gasteiger partial charge in [-0.15, -0.1) is 6.58 Å². The predicted octanol–water partition coefficient (Wildman–Crippen LogP) is 2.70. The minimum atomic E-state index is -0.213. The summed E-state index contributed by atoms with van der Waals surface area (Å²) < 4.78 is 0. The van der Waals surface area contributed by atoms with Gasteiger partial charge in [0.25, 0.3) is 5.91 Å². The summed E-state index contributed by atoms with van der Waals surface area (Å²) in [6, 6.07) is 7.99. The van der Waals surface area contributed by atoms with Crippen LogP contribution in [0.15, 0.2) is 49.3 Å². The highest BCUT2D eigenvalue weighted by Gasteiger charge is 2.07. The van der Waals surface area contributed by atoms with Crippen molar-refractivity contribution in [3.05, 3.63) is 60.4 Å². The standard InChI is InChI=1S/C16H18N4O/c1-3-9-17-15(21)13-10-18-16(19-11-13)20-14-8-6-5-7-12(14)4-2/h3,5-8,10-11H,1,4,9H2,2H3,(H,17,21)(H,18,19,20). The lowest BCUT2D eigenvalue weighted by Gasteiger charge is -2.09. The van der Waals surface area contributed by atoms with Crippen LogP contribution < -0.4 is 10.6 Å². The summed E-state index contributed by atoms with van der Waals surface area (Å²) in [4.78, 5) is 20.1. The molecule has 0 saturated carbocycles. The molecule has 1 aromatic carbocycles. The SMILES string of the molecule is C=CCNC(=O)c1cnc(Nc2ccccc2CC)nc1. The molecular formula is C16H18N4O. The number of carbonyl (C=O) groups excluding carboxylic acids is 1. The summed E-state index contributed by atoms with van der Waals surface area (Å²) in [5.41, 5.74) is 2.59. The molecule has 21 heavy (non-hydrogen) atoms. The second-order valence-corrected chi connectivity index (χ2v) is 4.43. The van der Waals surface area contributed by atoms with E-state index in [9.17, 15) is 4.79 Å². The zero-order valence-electron chi connectivity index (χ0n) is 12.0. The number of nitrogens with one attached hydrogen (secondary N) is 2. The Morgan fingerprint density at radius 2 is 2.00 bits per heavy atom. The molecule has 0 fully saturated rings. The summed E-state index contributed by atoms with van der Waals surface area (Å²) in [7, 11) is 0. The summed E-state index contributed by atoms with van der Waals surface area (Å²) in [6.07, 6.45) is 5.55. The van der Waals surface area contributed by atoms with Crippen LogP contribution in [0.4, 0.5) is 11.6 Å². The van der Waals surface area contributed by atoms with Gasteiger partial charge in [0.1, 0.15) is 0 Å². The first-order chi connectivity index (χ1) is 10.2. The van der Waals surface area contributed by atoms with Crippen LogP contribution in [0.5, 0.6) is 0 Å². The van der Waals surface area contributed by atoms with Crippen molar-refractivity contribution in [1.29, 1.82) is 0 Å². The maximum absolute atomic E-state index is 11.7. The summed E-state index contributed by atoms with van der Waals surface area (Å²) in [5, 5.41) is 5.84. The number of aryl methyl sites for hydroxylation is 1. The fourth-order valence-electron chi connectivity index (χ4n) is 1.85. The van der Waals surface area contributed by atoms with Crippen molar-refractivity contribution < 1.29 is 4.79 Å². The number of hydrogen-bond acceptors (Lipinski definition) is 4. The topological polar surface area (TPSA) is 66.9 Å².